The van der Waals surface area contributed by atoms with Gasteiger partial charge in [-0.2, -0.15) is 0 Å². The van der Waals surface area contributed by atoms with Gasteiger partial charge in [0.15, 0.2) is 11.5 Å². The lowest BCUT2D eigenvalue weighted by Gasteiger charge is -2.60. The Bertz CT molecular complexity index is 1460. The zero-order valence-electron chi connectivity index (χ0n) is 29.3. The Morgan fingerprint density at radius 2 is 1.81 bits per heavy atom. The summed E-state index contributed by atoms with van der Waals surface area (Å²) in [5.74, 6) is 2.23. The molecule has 7 rings (SSSR count). The molecule has 48 heavy (non-hydrogen) atoms. The molecule has 5 atom stereocenters. The first-order valence-electron chi connectivity index (χ1n) is 19.2. The number of likely N-dealkylation sites (tertiary alicyclic amines) is 1. The predicted molar refractivity (Wildman–Crippen MR) is 188 cm³/mol. The second-order valence-electron chi connectivity index (χ2n) is 15.5. The molecule has 3 fully saturated rings. The standard InChI is InChI=1S/C41H56N2O5/c1-3-4-13-23-43(37(46)17-12-7-5-6-9-14-29-15-10-8-11-16-29)33-21-20-32-34-25-31-35(45)26-36(47-28(2)44)39-38(31)41(32,40(33)48-39)22-24-42(34)27-30-18-19-30/h8,10-11,15-16,26,30,32-34,40,45H,3-7,9,12-14,17-25,27H2,1-2H3/t32-,33-,34+,40-,41-/m0/s1. The maximum Gasteiger partial charge on any atom is 0.308 e. The minimum atomic E-state index is -0.418. The number of carbonyl (C=O) groups excluding carboxylic acids is 2. The highest BCUT2D eigenvalue weighted by Crippen LogP contribution is 2.66. The van der Waals surface area contributed by atoms with Gasteiger partial charge in [0.1, 0.15) is 11.9 Å². The lowest BCUT2D eigenvalue weighted by molar-refractivity contribution is -0.143. The van der Waals surface area contributed by atoms with E-state index >= 15 is 0 Å². The number of piperidine rings is 1. The largest absolute Gasteiger partial charge is 0.508 e. The van der Waals surface area contributed by atoms with Gasteiger partial charge in [-0.3, -0.25) is 14.5 Å². The van der Waals surface area contributed by atoms with Crippen molar-refractivity contribution in [3.05, 3.63) is 53.1 Å². The molecule has 0 radical (unpaired) electrons. The molecule has 260 valence electrons. The van der Waals surface area contributed by atoms with E-state index in [1.54, 1.807) is 6.07 Å². The van der Waals surface area contributed by atoms with Crippen LogP contribution in [0.1, 0.15) is 120 Å². The number of rotatable bonds is 16. The molecule has 7 nitrogen and oxygen atoms in total. The van der Waals surface area contributed by atoms with E-state index < -0.39 is 5.97 Å². The number of hydrogen-bond donors (Lipinski definition) is 1. The van der Waals surface area contributed by atoms with Crippen molar-refractivity contribution in [3.63, 3.8) is 0 Å². The van der Waals surface area contributed by atoms with Crippen molar-refractivity contribution >= 4 is 11.9 Å². The Labute approximate surface area is 287 Å². The van der Waals surface area contributed by atoms with E-state index in [9.17, 15) is 14.7 Å². The SMILES string of the molecule is CCCCCN(C(=O)CCCCCCCc1ccccc1)[C@H]1CC[C@H]2[C@H]3Cc4c(O)cc(OC(C)=O)c5c4[C@@]2(CCN3CC2CC2)[C@H]1O5. The first-order valence-corrected chi connectivity index (χ1v) is 19.2. The summed E-state index contributed by atoms with van der Waals surface area (Å²) in [6, 6.07) is 12.6. The van der Waals surface area contributed by atoms with Gasteiger partial charge in [-0.05, 0) is 88.2 Å². The highest BCUT2D eigenvalue weighted by Gasteiger charge is 2.67. The average Bonchev–Trinajstić information content (AvgIpc) is 3.83. The van der Waals surface area contributed by atoms with Crippen LogP contribution in [0, 0.1) is 11.8 Å². The van der Waals surface area contributed by atoms with Crippen molar-refractivity contribution in [2.75, 3.05) is 19.6 Å². The number of amides is 1. The smallest absolute Gasteiger partial charge is 0.308 e. The molecule has 1 N–H and O–H groups in total. The van der Waals surface area contributed by atoms with Crippen LogP contribution in [-0.4, -0.2) is 64.6 Å². The number of nitrogens with zero attached hydrogens (tertiary/aromatic N) is 2. The molecule has 5 aliphatic rings. The van der Waals surface area contributed by atoms with Crippen molar-refractivity contribution in [2.24, 2.45) is 11.8 Å². The summed E-state index contributed by atoms with van der Waals surface area (Å²) in [4.78, 5) is 31.3. The normalized spacial score (nSPS) is 26.9. The Balaban J connectivity index is 1.10. The summed E-state index contributed by atoms with van der Waals surface area (Å²) in [6.45, 7) is 6.54. The van der Waals surface area contributed by atoms with Gasteiger partial charge in [0, 0.05) is 55.1 Å². The molecule has 7 heteroatoms. The fourth-order valence-electron chi connectivity index (χ4n) is 9.99. The molecular formula is C41H56N2O5. The lowest BCUT2D eigenvalue weighted by atomic mass is 9.50. The van der Waals surface area contributed by atoms with E-state index in [4.69, 9.17) is 9.47 Å². The minimum Gasteiger partial charge on any atom is -0.508 e. The molecular weight excluding hydrogens is 600 g/mol. The third-order valence-electron chi connectivity index (χ3n) is 12.4. The van der Waals surface area contributed by atoms with Gasteiger partial charge < -0.3 is 19.5 Å². The average molecular weight is 657 g/mol. The van der Waals surface area contributed by atoms with Crippen LogP contribution in [0.25, 0.3) is 0 Å². The van der Waals surface area contributed by atoms with Crippen molar-refractivity contribution < 1.29 is 24.2 Å². The number of phenolic OH excluding ortho intramolecular Hbond substituents is 1. The van der Waals surface area contributed by atoms with E-state index in [2.05, 4.69) is 47.1 Å². The predicted octanol–water partition coefficient (Wildman–Crippen LogP) is 7.74. The zero-order valence-corrected chi connectivity index (χ0v) is 29.3. The first kappa shape index (κ1) is 33.4. The molecule has 2 aromatic carbocycles. The van der Waals surface area contributed by atoms with Crippen molar-refractivity contribution in [1.29, 1.82) is 0 Å². The van der Waals surface area contributed by atoms with Gasteiger partial charge in [-0.15, -0.1) is 0 Å². The van der Waals surface area contributed by atoms with Crippen molar-refractivity contribution in [1.82, 2.24) is 9.80 Å². The van der Waals surface area contributed by atoms with Crippen LogP contribution in [0.5, 0.6) is 17.2 Å². The van der Waals surface area contributed by atoms with Gasteiger partial charge in [0.05, 0.1) is 6.04 Å². The van der Waals surface area contributed by atoms with Gasteiger partial charge in [-0.1, -0.05) is 69.4 Å². The van der Waals surface area contributed by atoms with E-state index in [0.29, 0.717) is 29.9 Å². The molecule has 2 bridgehead atoms. The number of aryl methyl sites for hydroxylation is 1. The summed E-state index contributed by atoms with van der Waals surface area (Å²) in [5, 5.41) is 11.4. The van der Waals surface area contributed by atoms with E-state index in [1.165, 1.54) is 38.2 Å². The van der Waals surface area contributed by atoms with Crippen LogP contribution < -0.4 is 9.47 Å². The summed E-state index contributed by atoms with van der Waals surface area (Å²) in [7, 11) is 0. The number of benzene rings is 2. The number of carbonyl (C=O) groups is 2. The number of esters is 1. The van der Waals surface area contributed by atoms with Gasteiger partial charge in [-0.25, -0.2) is 0 Å². The summed E-state index contributed by atoms with van der Waals surface area (Å²) in [6.07, 6.45) is 16.7. The summed E-state index contributed by atoms with van der Waals surface area (Å²) in [5.41, 5.74) is 3.17. The van der Waals surface area contributed by atoms with Crippen LogP contribution in [0.4, 0.5) is 0 Å². The summed E-state index contributed by atoms with van der Waals surface area (Å²) >= 11 is 0. The highest BCUT2D eigenvalue weighted by atomic mass is 16.6. The Kier molecular flexibility index (Phi) is 10.0. The molecule has 2 saturated carbocycles. The fourth-order valence-corrected chi connectivity index (χ4v) is 9.99. The molecule has 1 saturated heterocycles. The Hall–Kier alpha value is -3.06. The van der Waals surface area contributed by atoms with Crippen molar-refractivity contribution in [2.45, 2.75) is 140 Å². The van der Waals surface area contributed by atoms with Crippen LogP contribution >= 0.6 is 0 Å². The third-order valence-corrected chi connectivity index (χ3v) is 12.4. The van der Waals surface area contributed by atoms with E-state index in [1.807, 2.05) is 0 Å². The monoisotopic (exact) mass is 656 g/mol. The highest BCUT2D eigenvalue weighted by molar-refractivity contribution is 5.77. The molecule has 2 heterocycles. The Morgan fingerprint density at radius 3 is 2.58 bits per heavy atom. The second-order valence-corrected chi connectivity index (χ2v) is 15.5. The quantitative estimate of drug-likeness (QED) is 0.113. The number of unbranched alkanes of at least 4 members (excludes halogenated alkanes) is 6. The molecule has 0 aromatic heterocycles. The fraction of sp³-hybridized carbons (Fsp3) is 0.659. The molecule has 2 aliphatic heterocycles. The third kappa shape index (κ3) is 6.48. The van der Waals surface area contributed by atoms with Gasteiger partial charge in [0.25, 0.3) is 0 Å². The number of aromatic hydroxyl groups is 1. The number of hydrogen-bond acceptors (Lipinski definition) is 6. The van der Waals surface area contributed by atoms with Crippen LogP contribution in [-0.2, 0) is 27.8 Å². The lowest BCUT2D eigenvalue weighted by Crippen LogP contribution is -2.69. The van der Waals surface area contributed by atoms with E-state index in [0.717, 1.165) is 107 Å². The first-order chi connectivity index (χ1) is 23.4. The maximum atomic E-state index is 14.2. The molecule has 1 spiro atoms. The maximum absolute atomic E-state index is 14.2. The molecule has 0 unspecified atom stereocenters. The number of phenols is 1. The van der Waals surface area contributed by atoms with Crippen LogP contribution in [0.2, 0.25) is 0 Å². The van der Waals surface area contributed by atoms with Crippen molar-refractivity contribution in [3.8, 4) is 17.2 Å². The number of ether oxygens (including phenoxy) is 2. The minimum absolute atomic E-state index is 0.0298. The Morgan fingerprint density at radius 1 is 1.02 bits per heavy atom. The second kappa shape index (κ2) is 14.4. The molecule has 1 amide bonds. The molecule has 2 aromatic rings. The summed E-state index contributed by atoms with van der Waals surface area (Å²) < 4.78 is 12.8. The van der Waals surface area contributed by atoms with E-state index in [-0.39, 0.29) is 29.2 Å². The van der Waals surface area contributed by atoms with Gasteiger partial charge >= 0.3 is 5.97 Å². The van der Waals surface area contributed by atoms with Gasteiger partial charge in [0.2, 0.25) is 5.91 Å². The molecule has 3 aliphatic carbocycles. The zero-order chi connectivity index (χ0) is 33.3. The van der Waals surface area contributed by atoms with Crippen LogP contribution in [0.15, 0.2) is 36.4 Å². The van der Waals surface area contributed by atoms with Crippen LogP contribution in [0.3, 0.4) is 0 Å². The topological polar surface area (TPSA) is 79.3 Å².